The average molecular weight is 339 g/mol. The molecule has 0 N–H and O–H groups in total. The van der Waals surface area contributed by atoms with Crippen molar-refractivity contribution in [3.05, 3.63) is 48.0 Å². The van der Waals surface area contributed by atoms with Crippen molar-refractivity contribution < 1.29 is 4.74 Å². The van der Waals surface area contributed by atoms with Crippen LogP contribution in [-0.4, -0.2) is 43.9 Å². The second-order valence-electron chi connectivity index (χ2n) is 6.71. The van der Waals surface area contributed by atoms with Crippen molar-refractivity contribution in [1.82, 2.24) is 24.2 Å². The molecule has 1 aliphatic rings. The van der Waals surface area contributed by atoms with E-state index < -0.39 is 0 Å². The molecule has 2 aromatic heterocycles. The lowest BCUT2D eigenvalue weighted by atomic mass is 10.1. The summed E-state index contributed by atoms with van der Waals surface area (Å²) in [6.07, 6.45) is 5.14. The van der Waals surface area contributed by atoms with Gasteiger partial charge in [-0.05, 0) is 18.6 Å². The monoisotopic (exact) mass is 339 g/mol. The highest BCUT2D eigenvalue weighted by Gasteiger charge is 2.24. The maximum absolute atomic E-state index is 5.96. The second-order valence-corrected chi connectivity index (χ2v) is 6.71. The molecule has 1 aromatic carbocycles. The van der Waals surface area contributed by atoms with Crippen LogP contribution in [0.2, 0.25) is 0 Å². The summed E-state index contributed by atoms with van der Waals surface area (Å²) in [5, 5.41) is 4.27. The zero-order chi connectivity index (χ0) is 17.2. The molecule has 0 spiro atoms. The largest absolute Gasteiger partial charge is 0.371 e. The number of imidazole rings is 1. The Hall–Kier alpha value is -2.18. The molecule has 1 unspecified atom stereocenters. The molecule has 0 aliphatic carbocycles. The van der Waals surface area contributed by atoms with E-state index in [1.54, 1.807) is 0 Å². The van der Waals surface area contributed by atoms with Gasteiger partial charge in [0.1, 0.15) is 5.82 Å². The highest BCUT2D eigenvalue weighted by Crippen LogP contribution is 2.24. The van der Waals surface area contributed by atoms with Crippen LogP contribution in [0.5, 0.6) is 0 Å². The number of para-hydroxylation sites is 2. The van der Waals surface area contributed by atoms with Gasteiger partial charge in [-0.2, -0.15) is 5.10 Å². The van der Waals surface area contributed by atoms with E-state index in [1.165, 1.54) is 5.52 Å². The maximum Gasteiger partial charge on any atom is 0.124 e. The van der Waals surface area contributed by atoms with Gasteiger partial charge in [0.05, 0.1) is 36.5 Å². The highest BCUT2D eigenvalue weighted by atomic mass is 16.5. The summed E-state index contributed by atoms with van der Waals surface area (Å²) in [6, 6.07) is 8.41. The predicted octanol–water partition coefficient (Wildman–Crippen LogP) is 2.75. The standard InChI is InChI=1S/C19H25N5O/c1-3-8-24-17-7-5-4-6-16(17)21-19(24)14-23-9-10-25-18(13-23)15-11-20-22(2)12-15/h4-7,11-12,18H,3,8-10,13-14H2,1-2H3. The number of aromatic nitrogens is 4. The van der Waals surface area contributed by atoms with Gasteiger partial charge < -0.3 is 9.30 Å². The first-order valence-electron chi connectivity index (χ1n) is 9.01. The topological polar surface area (TPSA) is 48.1 Å². The van der Waals surface area contributed by atoms with E-state index >= 15 is 0 Å². The molecule has 0 radical (unpaired) electrons. The van der Waals surface area contributed by atoms with Gasteiger partial charge >= 0.3 is 0 Å². The number of ether oxygens (including phenoxy) is 1. The molecule has 3 aromatic rings. The number of hydrogen-bond donors (Lipinski definition) is 0. The predicted molar refractivity (Wildman–Crippen MR) is 97.2 cm³/mol. The van der Waals surface area contributed by atoms with Gasteiger partial charge in [0.25, 0.3) is 0 Å². The molecule has 4 rings (SSSR count). The third-order valence-corrected chi connectivity index (χ3v) is 4.79. The van der Waals surface area contributed by atoms with Crippen LogP contribution in [-0.2, 0) is 24.9 Å². The van der Waals surface area contributed by atoms with Crippen LogP contribution in [0.4, 0.5) is 0 Å². The maximum atomic E-state index is 5.96. The Labute approximate surface area is 148 Å². The number of benzene rings is 1. The normalized spacial score (nSPS) is 18.9. The fourth-order valence-corrected chi connectivity index (χ4v) is 3.57. The van der Waals surface area contributed by atoms with Crippen LogP contribution in [0.3, 0.4) is 0 Å². The molecule has 0 saturated carbocycles. The summed E-state index contributed by atoms with van der Waals surface area (Å²) in [4.78, 5) is 7.33. The summed E-state index contributed by atoms with van der Waals surface area (Å²) < 4.78 is 10.2. The molecule has 6 nitrogen and oxygen atoms in total. The van der Waals surface area contributed by atoms with Crippen LogP contribution in [0.25, 0.3) is 11.0 Å². The molecule has 25 heavy (non-hydrogen) atoms. The first-order chi connectivity index (χ1) is 12.2. The van der Waals surface area contributed by atoms with E-state index in [1.807, 2.05) is 24.1 Å². The second kappa shape index (κ2) is 6.98. The van der Waals surface area contributed by atoms with Gasteiger partial charge in [-0.25, -0.2) is 4.98 Å². The molecular weight excluding hydrogens is 314 g/mol. The minimum absolute atomic E-state index is 0.0893. The van der Waals surface area contributed by atoms with Gasteiger partial charge in [0, 0.05) is 38.4 Å². The van der Waals surface area contributed by atoms with E-state index in [0.29, 0.717) is 0 Å². The molecule has 1 atom stereocenters. The molecule has 0 amide bonds. The van der Waals surface area contributed by atoms with Gasteiger partial charge in [0.15, 0.2) is 0 Å². The van der Waals surface area contributed by atoms with Gasteiger partial charge in [0.2, 0.25) is 0 Å². The molecular formula is C19H25N5O. The van der Waals surface area contributed by atoms with Gasteiger partial charge in [-0.15, -0.1) is 0 Å². The lowest BCUT2D eigenvalue weighted by Crippen LogP contribution is -2.38. The summed E-state index contributed by atoms with van der Waals surface area (Å²) in [7, 11) is 1.94. The Morgan fingerprint density at radius 2 is 2.16 bits per heavy atom. The van der Waals surface area contributed by atoms with Crippen molar-refractivity contribution in [2.45, 2.75) is 32.5 Å². The number of fused-ring (bicyclic) bond motifs is 1. The Morgan fingerprint density at radius 3 is 2.96 bits per heavy atom. The zero-order valence-corrected chi connectivity index (χ0v) is 14.9. The fraction of sp³-hybridized carbons (Fsp3) is 0.474. The van der Waals surface area contributed by atoms with Gasteiger partial charge in [-0.1, -0.05) is 19.1 Å². The molecule has 132 valence electrons. The first-order valence-corrected chi connectivity index (χ1v) is 9.01. The Morgan fingerprint density at radius 1 is 1.28 bits per heavy atom. The number of morpholine rings is 1. The van der Waals surface area contributed by atoms with Crippen LogP contribution >= 0.6 is 0 Å². The molecule has 1 saturated heterocycles. The Bertz CT molecular complexity index is 852. The van der Waals surface area contributed by atoms with Crippen molar-refractivity contribution in [2.75, 3.05) is 19.7 Å². The minimum atomic E-state index is 0.0893. The van der Waals surface area contributed by atoms with Crippen molar-refractivity contribution >= 4 is 11.0 Å². The smallest absolute Gasteiger partial charge is 0.124 e. The Kier molecular flexibility index (Phi) is 4.55. The van der Waals surface area contributed by atoms with Crippen molar-refractivity contribution in [3.8, 4) is 0 Å². The van der Waals surface area contributed by atoms with E-state index in [0.717, 1.165) is 56.1 Å². The quantitative estimate of drug-likeness (QED) is 0.717. The molecule has 6 heteroatoms. The summed E-state index contributed by atoms with van der Waals surface area (Å²) in [5.41, 5.74) is 3.47. The van der Waals surface area contributed by atoms with Crippen LogP contribution < -0.4 is 0 Å². The third kappa shape index (κ3) is 3.32. The van der Waals surface area contributed by atoms with Crippen LogP contribution in [0.15, 0.2) is 36.7 Å². The minimum Gasteiger partial charge on any atom is -0.371 e. The number of aryl methyl sites for hydroxylation is 2. The highest BCUT2D eigenvalue weighted by molar-refractivity contribution is 5.75. The van der Waals surface area contributed by atoms with Crippen LogP contribution in [0.1, 0.15) is 30.8 Å². The number of nitrogens with zero attached hydrogens (tertiary/aromatic N) is 5. The number of rotatable bonds is 5. The van der Waals surface area contributed by atoms with Crippen molar-refractivity contribution in [1.29, 1.82) is 0 Å². The lowest BCUT2D eigenvalue weighted by Gasteiger charge is -2.32. The lowest BCUT2D eigenvalue weighted by molar-refractivity contribution is -0.0339. The SMILES string of the molecule is CCCn1c(CN2CCOC(c3cnn(C)c3)C2)nc2ccccc21. The van der Waals surface area contributed by atoms with E-state index in [9.17, 15) is 0 Å². The number of hydrogen-bond acceptors (Lipinski definition) is 4. The molecule has 1 fully saturated rings. The zero-order valence-electron chi connectivity index (χ0n) is 14.9. The van der Waals surface area contributed by atoms with E-state index in [-0.39, 0.29) is 6.10 Å². The summed E-state index contributed by atoms with van der Waals surface area (Å²) in [6.45, 7) is 6.63. The molecule has 1 aliphatic heterocycles. The average Bonchev–Trinajstić information content (AvgIpc) is 3.20. The summed E-state index contributed by atoms with van der Waals surface area (Å²) >= 11 is 0. The van der Waals surface area contributed by atoms with Gasteiger partial charge in [-0.3, -0.25) is 9.58 Å². The van der Waals surface area contributed by atoms with Crippen molar-refractivity contribution in [2.24, 2.45) is 7.05 Å². The van der Waals surface area contributed by atoms with E-state index in [2.05, 4.69) is 45.8 Å². The Balaban J connectivity index is 1.55. The molecule has 0 bridgehead atoms. The first kappa shape index (κ1) is 16.3. The van der Waals surface area contributed by atoms with E-state index in [4.69, 9.17) is 9.72 Å². The third-order valence-electron chi connectivity index (χ3n) is 4.79. The van der Waals surface area contributed by atoms with Crippen molar-refractivity contribution in [3.63, 3.8) is 0 Å². The fourth-order valence-electron chi connectivity index (χ4n) is 3.57. The molecule has 3 heterocycles. The summed E-state index contributed by atoms with van der Waals surface area (Å²) in [5.74, 6) is 1.15. The van der Waals surface area contributed by atoms with Crippen LogP contribution in [0, 0.1) is 0 Å².